The van der Waals surface area contributed by atoms with Crippen molar-refractivity contribution in [2.75, 3.05) is 0 Å². The zero-order valence-electron chi connectivity index (χ0n) is 10.9. The summed E-state index contributed by atoms with van der Waals surface area (Å²) in [5, 5.41) is 9.21. The Morgan fingerprint density at radius 2 is 2.05 bits per heavy atom. The Morgan fingerprint density at radius 1 is 1.25 bits per heavy atom. The minimum atomic E-state index is 0.424. The average Bonchev–Trinajstić information content (AvgIpc) is 2.92. The third kappa shape index (κ3) is 2.68. The van der Waals surface area contributed by atoms with Crippen LogP contribution in [0.3, 0.4) is 0 Å². The first-order valence-electron chi connectivity index (χ1n) is 6.56. The van der Waals surface area contributed by atoms with Crippen molar-refractivity contribution in [3.8, 4) is 11.9 Å². The number of ether oxygens (including phenoxy) is 1. The van der Waals surface area contributed by atoms with Crippen molar-refractivity contribution in [2.45, 2.75) is 25.9 Å². The number of aryl methyl sites for hydroxylation is 2. The van der Waals surface area contributed by atoms with E-state index in [2.05, 4.69) is 27.0 Å². The predicted molar refractivity (Wildman–Crippen MR) is 79.5 cm³/mol. The number of hydrogen-bond acceptors (Lipinski definition) is 3. The molecule has 0 atom stereocenters. The third-order valence-electron chi connectivity index (χ3n) is 3.43. The van der Waals surface area contributed by atoms with Crippen LogP contribution in [-0.2, 0) is 19.4 Å². The van der Waals surface area contributed by atoms with Gasteiger partial charge < -0.3 is 4.74 Å². The van der Waals surface area contributed by atoms with E-state index in [1.807, 2.05) is 30.3 Å². The van der Waals surface area contributed by atoms with Gasteiger partial charge in [-0.05, 0) is 48.6 Å². The first kappa shape index (κ1) is 13.1. The quantitative estimate of drug-likeness (QED) is 0.861. The molecule has 1 aliphatic rings. The number of benzene rings is 1. The van der Waals surface area contributed by atoms with Crippen LogP contribution < -0.4 is 4.74 Å². The van der Waals surface area contributed by atoms with E-state index in [0.29, 0.717) is 18.1 Å². The van der Waals surface area contributed by atoms with Gasteiger partial charge in [-0.1, -0.05) is 28.1 Å². The molecular weight excluding hydrogens is 316 g/mol. The summed E-state index contributed by atoms with van der Waals surface area (Å²) in [6, 6.07) is 12.0. The summed E-state index contributed by atoms with van der Waals surface area (Å²) >= 11 is 3.40. The molecule has 0 fully saturated rings. The fourth-order valence-corrected chi connectivity index (χ4v) is 2.64. The van der Waals surface area contributed by atoms with E-state index in [0.717, 1.165) is 35.0 Å². The van der Waals surface area contributed by atoms with Gasteiger partial charge in [-0.2, -0.15) is 5.26 Å². The van der Waals surface area contributed by atoms with Gasteiger partial charge in [0.25, 0.3) is 0 Å². The van der Waals surface area contributed by atoms with Gasteiger partial charge in [0.2, 0.25) is 5.88 Å². The molecule has 4 heteroatoms. The Kier molecular flexibility index (Phi) is 3.70. The highest BCUT2D eigenvalue weighted by Gasteiger charge is 2.17. The predicted octanol–water partition coefficient (Wildman–Crippen LogP) is 3.78. The highest BCUT2D eigenvalue weighted by Crippen LogP contribution is 2.26. The van der Waals surface area contributed by atoms with E-state index >= 15 is 0 Å². The molecule has 1 aromatic heterocycles. The first-order chi connectivity index (χ1) is 9.76. The third-order valence-corrected chi connectivity index (χ3v) is 3.95. The van der Waals surface area contributed by atoms with Crippen LogP contribution in [0.4, 0.5) is 0 Å². The molecule has 1 aromatic carbocycles. The molecule has 100 valence electrons. The molecule has 0 radical (unpaired) electrons. The Labute approximate surface area is 126 Å². The maximum atomic E-state index is 9.21. The summed E-state index contributed by atoms with van der Waals surface area (Å²) in [6.45, 7) is 0.424. The minimum absolute atomic E-state index is 0.424. The number of nitriles is 1. The highest BCUT2D eigenvalue weighted by atomic mass is 79.9. The van der Waals surface area contributed by atoms with Crippen LogP contribution in [0.5, 0.6) is 5.88 Å². The van der Waals surface area contributed by atoms with Crippen LogP contribution in [0.25, 0.3) is 0 Å². The lowest BCUT2D eigenvalue weighted by molar-refractivity contribution is 0.292. The number of nitrogens with zero attached hydrogens (tertiary/aromatic N) is 2. The molecule has 1 aliphatic carbocycles. The number of hydrogen-bond donors (Lipinski definition) is 0. The SMILES string of the molecule is N#Cc1cc2c(nc1OCc1ccc(Br)cc1)CCC2. The average molecular weight is 329 g/mol. The van der Waals surface area contributed by atoms with E-state index in [1.54, 1.807) is 0 Å². The number of aromatic nitrogens is 1. The number of rotatable bonds is 3. The summed E-state index contributed by atoms with van der Waals surface area (Å²) in [5.74, 6) is 0.455. The summed E-state index contributed by atoms with van der Waals surface area (Å²) in [4.78, 5) is 4.50. The zero-order chi connectivity index (χ0) is 13.9. The van der Waals surface area contributed by atoms with Gasteiger partial charge in [0.15, 0.2) is 0 Å². The molecular formula is C16H13BrN2O. The molecule has 0 bridgehead atoms. The zero-order valence-corrected chi connectivity index (χ0v) is 12.5. The van der Waals surface area contributed by atoms with E-state index in [1.165, 1.54) is 5.56 Å². The Morgan fingerprint density at radius 3 is 2.80 bits per heavy atom. The van der Waals surface area contributed by atoms with Crippen LogP contribution >= 0.6 is 15.9 Å². The van der Waals surface area contributed by atoms with Crippen molar-refractivity contribution in [1.29, 1.82) is 5.26 Å². The fraction of sp³-hybridized carbons (Fsp3) is 0.250. The molecule has 0 N–H and O–H groups in total. The molecule has 0 amide bonds. The normalized spacial score (nSPS) is 12.8. The second-order valence-corrected chi connectivity index (χ2v) is 5.74. The maximum absolute atomic E-state index is 9.21. The fourth-order valence-electron chi connectivity index (χ4n) is 2.38. The molecule has 0 saturated carbocycles. The summed E-state index contributed by atoms with van der Waals surface area (Å²) in [5.41, 5.74) is 3.86. The van der Waals surface area contributed by atoms with Crippen molar-refractivity contribution in [1.82, 2.24) is 4.98 Å². The van der Waals surface area contributed by atoms with Crippen molar-refractivity contribution >= 4 is 15.9 Å². The van der Waals surface area contributed by atoms with Gasteiger partial charge in [0, 0.05) is 10.2 Å². The monoisotopic (exact) mass is 328 g/mol. The smallest absolute Gasteiger partial charge is 0.232 e. The van der Waals surface area contributed by atoms with Crippen LogP contribution in [0, 0.1) is 11.3 Å². The van der Waals surface area contributed by atoms with Gasteiger partial charge in [-0.3, -0.25) is 0 Å². The van der Waals surface area contributed by atoms with Crippen LogP contribution in [-0.4, -0.2) is 4.98 Å². The summed E-state index contributed by atoms with van der Waals surface area (Å²) < 4.78 is 6.77. The van der Waals surface area contributed by atoms with Gasteiger partial charge in [-0.25, -0.2) is 4.98 Å². The van der Waals surface area contributed by atoms with Crippen LogP contribution in [0.1, 0.15) is 28.8 Å². The molecule has 1 heterocycles. The van der Waals surface area contributed by atoms with E-state index in [4.69, 9.17) is 4.74 Å². The second-order valence-electron chi connectivity index (χ2n) is 4.83. The minimum Gasteiger partial charge on any atom is -0.472 e. The number of halogens is 1. The molecule has 0 saturated heterocycles. The molecule has 0 aliphatic heterocycles. The van der Waals surface area contributed by atoms with E-state index < -0.39 is 0 Å². The highest BCUT2D eigenvalue weighted by molar-refractivity contribution is 9.10. The molecule has 3 nitrogen and oxygen atoms in total. The van der Waals surface area contributed by atoms with Gasteiger partial charge >= 0.3 is 0 Å². The molecule has 0 spiro atoms. The van der Waals surface area contributed by atoms with Gasteiger partial charge in [0.1, 0.15) is 18.2 Å². The standard InChI is InChI=1S/C16H13BrN2O/c17-14-6-4-11(5-7-14)10-20-16-13(9-18)8-12-2-1-3-15(12)19-16/h4-8H,1-3,10H2. The van der Waals surface area contributed by atoms with Crippen molar-refractivity contribution in [3.05, 3.63) is 57.2 Å². The lowest BCUT2D eigenvalue weighted by atomic mass is 10.1. The van der Waals surface area contributed by atoms with Gasteiger partial charge in [-0.15, -0.1) is 0 Å². The lowest BCUT2D eigenvalue weighted by Gasteiger charge is -2.09. The molecule has 3 rings (SSSR count). The van der Waals surface area contributed by atoms with Gasteiger partial charge in [0.05, 0.1) is 0 Å². The summed E-state index contributed by atoms with van der Waals surface area (Å²) in [7, 11) is 0. The molecule has 0 unspecified atom stereocenters. The first-order valence-corrected chi connectivity index (χ1v) is 7.35. The Bertz CT molecular complexity index is 674. The maximum Gasteiger partial charge on any atom is 0.232 e. The molecule has 2 aromatic rings. The van der Waals surface area contributed by atoms with Crippen molar-refractivity contribution in [3.63, 3.8) is 0 Å². The van der Waals surface area contributed by atoms with Crippen molar-refractivity contribution < 1.29 is 4.74 Å². The van der Waals surface area contributed by atoms with E-state index in [9.17, 15) is 5.26 Å². The number of fused-ring (bicyclic) bond motifs is 1. The van der Waals surface area contributed by atoms with Crippen LogP contribution in [0.2, 0.25) is 0 Å². The Balaban J connectivity index is 1.80. The lowest BCUT2D eigenvalue weighted by Crippen LogP contribution is -2.02. The topological polar surface area (TPSA) is 45.9 Å². The molecule has 20 heavy (non-hydrogen) atoms. The second kappa shape index (κ2) is 5.64. The number of pyridine rings is 1. The van der Waals surface area contributed by atoms with E-state index in [-0.39, 0.29) is 0 Å². The largest absolute Gasteiger partial charge is 0.472 e. The van der Waals surface area contributed by atoms with Crippen molar-refractivity contribution in [2.24, 2.45) is 0 Å². The summed E-state index contributed by atoms with van der Waals surface area (Å²) in [6.07, 6.45) is 3.11. The Hall–Kier alpha value is -1.86. The van der Waals surface area contributed by atoms with Crippen LogP contribution in [0.15, 0.2) is 34.8 Å².